The van der Waals surface area contributed by atoms with Crippen LogP contribution < -0.4 is 9.59 Å². The van der Waals surface area contributed by atoms with Crippen molar-refractivity contribution in [3.63, 3.8) is 0 Å². The van der Waals surface area contributed by atoms with Crippen LogP contribution >= 0.6 is 0 Å². The first kappa shape index (κ1) is 64.7. The molecule has 0 atom stereocenters. The van der Waals surface area contributed by atoms with E-state index in [1.165, 1.54) is 0 Å². The average molecular weight is 234 g/mol. The van der Waals surface area contributed by atoms with Gasteiger partial charge in [0.25, 0.3) is 0 Å². The van der Waals surface area contributed by atoms with Gasteiger partial charge < -0.3 is 25.0 Å². The minimum Gasteiger partial charge on any atom is -0.870 e. The molecule has 10 heteroatoms. The Bertz CT molecular complexity index is 40.7. The van der Waals surface area contributed by atoms with Crippen molar-refractivity contribution in [3.8, 4) is 0 Å². The molecule has 0 spiro atoms. The smallest absolute Gasteiger partial charge is 0.0172 e. The van der Waals surface area contributed by atoms with E-state index in [0.717, 1.165) is 0 Å². The van der Waals surface area contributed by atoms with Gasteiger partial charge in [0.2, 0.25) is 0 Å². The van der Waals surface area contributed by atoms with Crippen molar-refractivity contribution in [1.29, 1.82) is 0 Å². The Morgan fingerprint density at radius 2 is 1.20 bits per heavy atom. The molecule has 0 amide bonds. The van der Waals surface area contributed by atoms with Gasteiger partial charge in [-0.15, -0.1) is 0 Å². The van der Waals surface area contributed by atoms with Crippen LogP contribution in [0.5, 0.6) is 0 Å². The predicted octanol–water partition coefficient (Wildman–Crippen LogP) is -4.76. The predicted molar refractivity (Wildman–Crippen MR) is 24.2 cm³/mol. The van der Waals surface area contributed by atoms with E-state index in [0.29, 0.717) is 0 Å². The molecule has 7 radical (unpaired) electrons. The van der Waals surface area contributed by atoms with Crippen LogP contribution in [0.4, 0.5) is 0 Å². The molecule has 59 valence electrons. The second-order valence-corrected chi connectivity index (χ2v) is 0.750. The fourth-order valence-corrected chi connectivity index (χ4v) is 0. The molecule has 0 fully saturated rings. The molecule has 3 N–H and O–H groups in total. The van der Waals surface area contributed by atoms with Crippen molar-refractivity contribution in [2.24, 2.45) is 0 Å². The summed E-state index contributed by atoms with van der Waals surface area (Å²) >= 11 is 0. The molecule has 0 saturated heterocycles. The van der Waals surface area contributed by atoms with Crippen molar-refractivity contribution in [2.45, 2.75) is 0 Å². The molecule has 0 aliphatic carbocycles. The molecule has 0 rings (SSSR count). The number of hydrogen-bond donors (Lipinski definition) is 0. The molecule has 10 heavy (non-hydrogen) atoms. The van der Waals surface area contributed by atoms with Gasteiger partial charge in [-0.25, -0.2) is 0 Å². The molecule has 0 aromatic heterocycles. The van der Waals surface area contributed by atoms with Crippen molar-refractivity contribution in [3.05, 3.63) is 0 Å². The molecule has 0 heterocycles. The molecule has 0 saturated carbocycles. The molecule has 6 nitrogen and oxygen atoms in total. The first-order valence-corrected chi connectivity index (χ1v) is 1.84. The quantitative estimate of drug-likeness (QED) is 0.386. The molecule has 0 bridgehead atoms. The zero-order valence-electron chi connectivity index (χ0n) is 4.72. The van der Waals surface area contributed by atoms with Crippen molar-refractivity contribution in [2.75, 3.05) is 0 Å². The van der Waals surface area contributed by atoms with E-state index < -0.39 is 9.17 Å². The normalized spacial score (nSPS) is 2.40. The van der Waals surface area contributed by atoms with E-state index in [9.17, 15) is 0 Å². The van der Waals surface area contributed by atoms with Gasteiger partial charge in [-0.1, -0.05) is 0 Å². The van der Waals surface area contributed by atoms with Gasteiger partial charge in [0.15, 0.2) is 0 Å². The molecule has 0 aliphatic heterocycles. The fourth-order valence-electron chi connectivity index (χ4n) is 0. The minimum atomic E-state index is -3.63. The largest absolute Gasteiger partial charge is 0.870 e. The maximum absolute atomic E-state index is 8.52. The standard InChI is InChI=1S/Al.Fe.Mg.O3Si.2H2O.O/c;;;1-4(2)3;;;/h;;;;2*1H2;/q;;;-2;;;/p-1. The zero-order valence-corrected chi connectivity index (χ0v) is 9.39. The Balaban J connectivity index is -0.00000000300. The molecular weight excluding hydrogens is 231 g/mol. The summed E-state index contributed by atoms with van der Waals surface area (Å²) in [7, 11) is -3.63. The maximum atomic E-state index is 8.52. The Morgan fingerprint density at radius 3 is 1.20 bits per heavy atom. The number of hydrogen-bond acceptors (Lipinski definition) is 4. The van der Waals surface area contributed by atoms with Crippen LogP contribution in [0.15, 0.2) is 0 Å². The summed E-state index contributed by atoms with van der Waals surface area (Å²) in [6.07, 6.45) is 0. The van der Waals surface area contributed by atoms with Gasteiger partial charge in [0.05, 0.1) is 0 Å². The van der Waals surface area contributed by atoms with Crippen LogP contribution in [0.1, 0.15) is 0 Å². The second kappa shape index (κ2) is 48.1. The van der Waals surface area contributed by atoms with Crippen molar-refractivity contribution < 1.29 is 47.6 Å². The van der Waals surface area contributed by atoms with Gasteiger partial charge >= 0.3 is 0 Å². The summed E-state index contributed by atoms with van der Waals surface area (Å²) in [5.41, 5.74) is 0. The first-order chi connectivity index (χ1) is 1.73. The molecular formula is H3AlFeMgO6Si-3. The summed E-state index contributed by atoms with van der Waals surface area (Å²) < 4.78 is 8.52. The third kappa shape index (κ3) is 372. The Hall–Kier alpha value is 1.32. The van der Waals surface area contributed by atoms with Gasteiger partial charge in [0, 0.05) is 72.1 Å². The van der Waals surface area contributed by atoms with E-state index >= 15 is 0 Å². The Morgan fingerprint density at radius 1 is 1.20 bits per heavy atom. The van der Waals surface area contributed by atoms with E-state index in [4.69, 9.17) is 14.1 Å². The molecule has 0 aromatic carbocycles. The van der Waals surface area contributed by atoms with E-state index in [-0.39, 0.29) is 73.9 Å². The van der Waals surface area contributed by atoms with Gasteiger partial charge in [-0.2, -0.15) is 0 Å². The Labute approximate surface area is 96.6 Å². The molecule has 0 aliphatic rings. The first-order valence-electron chi connectivity index (χ1n) is 0.612. The van der Waals surface area contributed by atoms with E-state index in [2.05, 4.69) is 0 Å². The third-order valence-corrected chi connectivity index (χ3v) is 0. The van der Waals surface area contributed by atoms with Crippen molar-refractivity contribution >= 4 is 49.6 Å². The Kier molecular flexibility index (Phi) is 311. The van der Waals surface area contributed by atoms with Gasteiger partial charge in [-0.05, 0) is 0 Å². The van der Waals surface area contributed by atoms with Crippen LogP contribution in [0.3, 0.4) is 0 Å². The van der Waals surface area contributed by atoms with Crippen LogP contribution in [-0.4, -0.2) is 60.5 Å². The fraction of sp³-hybridized carbons (Fsp3) is 0. The SMILES string of the molecule is O.O=[Si]([O-])[O-].[Al].[Fe].[Mg].[OH-].[O]. The summed E-state index contributed by atoms with van der Waals surface area (Å²) in [4.78, 5) is 17.0. The van der Waals surface area contributed by atoms with E-state index in [1.807, 2.05) is 0 Å². The average Bonchev–Trinajstić information content (AvgIpc) is 0.811. The molecule has 0 unspecified atom stereocenters. The van der Waals surface area contributed by atoms with Crippen LogP contribution in [0.25, 0.3) is 0 Å². The molecule has 0 aromatic rings. The van der Waals surface area contributed by atoms with Crippen LogP contribution in [0.2, 0.25) is 0 Å². The van der Waals surface area contributed by atoms with Gasteiger partial charge in [0.1, 0.15) is 0 Å². The monoisotopic (exact) mass is 234 g/mol. The van der Waals surface area contributed by atoms with E-state index in [1.54, 1.807) is 0 Å². The van der Waals surface area contributed by atoms with Crippen molar-refractivity contribution in [1.82, 2.24) is 0 Å². The van der Waals surface area contributed by atoms with Crippen LogP contribution in [0, 0.1) is 0 Å². The van der Waals surface area contributed by atoms with Crippen LogP contribution in [-0.2, 0) is 27.0 Å². The topological polar surface area (TPSA) is 153 Å². The summed E-state index contributed by atoms with van der Waals surface area (Å²) in [6.45, 7) is 0. The zero-order chi connectivity index (χ0) is 3.58. The third-order valence-electron chi connectivity index (χ3n) is 0. The summed E-state index contributed by atoms with van der Waals surface area (Å²) in [5.74, 6) is 0. The summed E-state index contributed by atoms with van der Waals surface area (Å²) in [6, 6.07) is 0. The number of rotatable bonds is 0. The summed E-state index contributed by atoms with van der Waals surface area (Å²) in [5, 5.41) is 0. The minimum absolute atomic E-state index is 0. The second-order valence-electron chi connectivity index (χ2n) is 0.250. The maximum Gasteiger partial charge on any atom is 0.0172 e. The van der Waals surface area contributed by atoms with Gasteiger partial charge in [-0.3, -0.25) is 0 Å².